The molecule has 0 aromatic carbocycles. The first-order chi connectivity index (χ1) is 10.4. The van der Waals surface area contributed by atoms with Crippen LogP contribution < -0.4 is 11.3 Å². The van der Waals surface area contributed by atoms with Gasteiger partial charge in [-0.2, -0.15) is 0 Å². The van der Waals surface area contributed by atoms with Gasteiger partial charge in [0.1, 0.15) is 0 Å². The quantitative estimate of drug-likeness (QED) is 0.752. The molecule has 0 fully saturated rings. The first-order valence-corrected chi connectivity index (χ1v) is 7.12. The minimum absolute atomic E-state index is 0.144. The number of aromatic hydroxyl groups is 1. The van der Waals surface area contributed by atoms with E-state index < -0.39 is 0 Å². The van der Waals surface area contributed by atoms with Crippen molar-refractivity contribution in [3.05, 3.63) is 45.6 Å². The Hall–Kier alpha value is -2.63. The molecule has 116 valence electrons. The van der Waals surface area contributed by atoms with Gasteiger partial charge in [0.05, 0.1) is 0 Å². The number of nitrogens with two attached hydrogens (primary N) is 1. The lowest BCUT2D eigenvalue weighted by molar-refractivity contribution is 0.475. The van der Waals surface area contributed by atoms with Crippen LogP contribution in [0.15, 0.2) is 29.0 Å². The lowest BCUT2D eigenvalue weighted by Gasteiger charge is -2.13. The molecule has 0 unspecified atom stereocenters. The topological polar surface area (TPSA) is 104 Å². The Morgan fingerprint density at radius 2 is 2.14 bits per heavy atom. The second-order valence-corrected chi connectivity index (χ2v) is 5.29. The van der Waals surface area contributed by atoms with Crippen molar-refractivity contribution in [2.75, 3.05) is 0 Å². The Bertz CT molecular complexity index is 830. The van der Waals surface area contributed by atoms with Gasteiger partial charge in [0.15, 0.2) is 11.4 Å². The first-order valence-electron chi connectivity index (χ1n) is 7.12. The Morgan fingerprint density at radius 1 is 1.45 bits per heavy atom. The maximum atomic E-state index is 12.4. The molecule has 6 nitrogen and oxygen atoms in total. The van der Waals surface area contributed by atoms with Crippen LogP contribution >= 0.6 is 0 Å². The van der Waals surface area contributed by atoms with E-state index >= 15 is 0 Å². The van der Waals surface area contributed by atoms with E-state index in [2.05, 4.69) is 4.98 Å². The van der Waals surface area contributed by atoms with Crippen molar-refractivity contribution in [1.29, 1.82) is 5.41 Å². The molecule has 2 rings (SSSR count). The zero-order valence-corrected chi connectivity index (χ0v) is 13.0. The van der Waals surface area contributed by atoms with Crippen LogP contribution in [0.4, 0.5) is 0 Å². The van der Waals surface area contributed by atoms with Crippen molar-refractivity contribution in [2.24, 2.45) is 5.73 Å². The number of nitrogens with one attached hydrogen (secondary N) is 1. The normalized spacial score (nSPS) is 12.3. The lowest BCUT2D eigenvalue weighted by Crippen LogP contribution is -2.19. The van der Waals surface area contributed by atoms with Crippen molar-refractivity contribution >= 4 is 16.9 Å². The van der Waals surface area contributed by atoms with E-state index in [1.807, 2.05) is 6.92 Å². The molecule has 0 saturated carbocycles. The van der Waals surface area contributed by atoms with Crippen LogP contribution in [0.1, 0.15) is 38.3 Å². The molecule has 0 radical (unpaired) electrons. The van der Waals surface area contributed by atoms with Crippen molar-refractivity contribution < 1.29 is 5.11 Å². The lowest BCUT2D eigenvalue weighted by atomic mass is 10.00. The SMILES string of the molecule is CCCc1cnc2c(O)c(/C(C(C)=N)=C(\C)N)ccn2c1=O. The summed E-state index contributed by atoms with van der Waals surface area (Å²) in [6.07, 6.45) is 4.55. The highest BCUT2D eigenvalue weighted by Gasteiger charge is 2.16. The smallest absolute Gasteiger partial charge is 0.261 e. The number of rotatable bonds is 4. The minimum atomic E-state index is -0.185. The van der Waals surface area contributed by atoms with Crippen molar-refractivity contribution in [3.8, 4) is 5.75 Å². The molecule has 2 aromatic rings. The van der Waals surface area contributed by atoms with E-state index in [-0.39, 0.29) is 22.7 Å². The van der Waals surface area contributed by atoms with Gasteiger partial charge in [0.2, 0.25) is 0 Å². The predicted octanol–water partition coefficient (Wildman–Crippen LogP) is 2.08. The molecular weight excluding hydrogens is 280 g/mol. The summed E-state index contributed by atoms with van der Waals surface area (Å²) in [5.41, 5.74) is 7.94. The highest BCUT2D eigenvalue weighted by atomic mass is 16.3. The maximum absolute atomic E-state index is 12.4. The molecule has 0 spiro atoms. The Balaban J connectivity index is 2.77. The highest BCUT2D eigenvalue weighted by Crippen LogP contribution is 2.29. The fourth-order valence-electron chi connectivity index (χ4n) is 2.52. The molecule has 2 aromatic heterocycles. The standard InChI is InChI=1S/C16H20N4O2/c1-4-5-11-8-19-15-14(21)12(6-7-20(15)16(11)22)13(9(2)17)10(3)18/h6-8,17,21H,4-5,18H2,1-3H3/b13-10+,17-9?. The number of hydrogen-bond donors (Lipinski definition) is 3. The predicted molar refractivity (Wildman–Crippen MR) is 87.3 cm³/mol. The van der Waals surface area contributed by atoms with E-state index in [4.69, 9.17) is 11.1 Å². The number of pyridine rings is 1. The fourth-order valence-corrected chi connectivity index (χ4v) is 2.52. The van der Waals surface area contributed by atoms with E-state index in [9.17, 15) is 9.90 Å². The van der Waals surface area contributed by atoms with Crippen LogP contribution in [0.3, 0.4) is 0 Å². The highest BCUT2D eigenvalue weighted by molar-refractivity contribution is 6.22. The molecule has 0 aliphatic rings. The summed E-state index contributed by atoms with van der Waals surface area (Å²) in [5.74, 6) is -0.144. The summed E-state index contributed by atoms with van der Waals surface area (Å²) >= 11 is 0. The number of hydrogen-bond acceptors (Lipinski definition) is 5. The number of aromatic nitrogens is 2. The van der Waals surface area contributed by atoms with Crippen LogP contribution in [-0.4, -0.2) is 20.2 Å². The summed E-state index contributed by atoms with van der Waals surface area (Å²) < 4.78 is 1.33. The van der Waals surface area contributed by atoms with E-state index in [0.717, 1.165) is 6.42 Å². The van der Waals surface area contributed by atoms with Gasteiger partial charge in [-0.25, -0.2) is 4.98 Å². The van der Waals surface area contributed by atoms with Crippen LogP contribution in [-0.2, 0) is 6.42 Å². The second kappa shape index (κ2) is 6.01. The molecular formula is C16H20N4O2. The maximum Gasteiger partial charge on any atom is 0.261 e. The third kappa shape index (κ3) is 2.59. The molecule has 0 atom stereocenters. The monoisotopic (exact) mass is 300 g/mol. The molecule has 0 bridgehead atoms. The minimum Gasteiger partial charge on any atom is -0.504 e. The van der Waals surface area contributed by atoms with Gasteiger partial charge < -0.3 is 16.2 Å². The van der Waals surface area contributed by atoms with Crippen molar-refractivity contribution in [3.63, 3.8) is 0 Å². The van der Waals surface area contributed by atoms with Crippen LogP contribution in [0.2, 0.25) is 0 Å². The van der Waals surface area contributed by atoms with E-state index in [0.29, 0.717) is 28.8 Å². The van der Waals surface area contributed by atoms with Gasteiger partial charge in [-0.3, -0.25) is 9.20 Å². The van der Waals surface area contributed by atoms with Gasteiger partial charge in [0, 0.05) is 40.5 Å². The van der Waals surface area contributed by atoms with Crippen LogP contribution in [0, 0.1) is 5.41 Å². The third-order valence-electron chi connectivity index (χ3n) is 3.48. The molecule has 0 aliphatic heterocycles. The zero-order chi connectivity index (χ0) is 16.4. The molecule has 0 saturated heterocycles. The molecule has 6 heteroatoms. The third-order valence-corrected chi connectivity index (χ3v) is 3.48. The Kier molecular flexibility index (Phi) is 4.30. The number of aryl methyl sites for hydroxylation is 1. The number of allylic oxidation sites excluding steroid dienone is 2. The molecule has 2 heterocycles. The van der Waals surface area contributed by atoms with Gasteiger partial charge in [-0.05, 0) is 26.3 Å². The summed E-state index contributed by atoms with van der Waals surface area (Å²) in [6.45, 7) is 5.25. The molecule has 4 N–H and O–H groups in total. The Labute approximate surface area is 128 Å². The summed E-state index contributed by atoms with van der Waals surface area (Å²) in [7, 11) is 0. The van der Waals surface area contributed by atoms with Gasteiger partial charge in [0.25, 0.3) is 5.56 Å². The largest absolute Gasteiger partial charge is 0.504 e. The average Bonchev–Trinajstić information content (AvgIpc) is 2.44. The second-order valence-electron chi connectivity index (χ2n) is 5.29. The van der Waals surface area contributed by atoms with Gasteiger partial charge in [-0.1, -0.05) is 13.3 Å². The summed E-state index contributed by atoms with van der Waals surface area (Å²) in [5, 5.41) is 18.3. The molecule has 0 aliphatic carbocycles. The molecule has 0 amide bonds. The van der Waals surface area contributed by atoms with Gasteiger partial charge >= 0.3 is 0 Å². The summed E-state index contributed by atoms with van der Waals surface area (Å²) in [6, 6.07) is 1.59. The fraction of sp³-hybridized carbons (Fsp3) is 0.312. The number of fused-ring (bicyclic) bond motifs is 1. The van der Waals surface area contributed by atoms with E-state index in [1.54, 1.807) is 26.1 Å². The van der Waals surface area contributed by atoms with Crippen LogP contribution in [0.5, 0.6) is 5.75 Å². The number of nitrogens with zero attached hydrogens (tertiary/aromatic N) is 2. The van der Waals surface area contributed by atoms with Crippen molar-refractivity contribution in [2.45, 2.75) is 33.6 Å². The Morgan fingerprint density at radius 3 is 2.68 bits per heavy atom. The van der Waals surface area contributed by atoms with Crippen molar-refractivity contribution in [1.82, 2.24) is 9.38 Å². The van der Waals surface area contributed by atoms with Gasteiger partial charge in [-0.15, -0.1) is 0 Å². The first kappa shape index (κ1) is 15.8. The summed E-state index contributed by atoms with van der Waals surface area (Å²) in [4.78, 5) is 16.6. The average molecular weight is 300 g/mol. The van der Waals surface area contributed by atoms with Crippen LogP contribution in [0.25, 0.3) is 11.2 Å². The molecule has 22 heavy (non-hydrogen) atoms. The zero-order valence-electron chi connectivity index (χ0n) is 13.0. The van der Waals surface area contributed by atoms with E-state index in [1.165, 1.54) is 10.6 Å².